The van der Waals surface area contributed by atoms with E-state index in [0.717, 1.165) is 5.56 Å². The van der Waals surface area contributed by atoms with Crippen LogP contribution in [0.15, 0.2) is 77.8 Å². The summed E-state index contributed by atoms with van der Waals surface area (Å²) < 4.78 is 41.4. The van der Waals surface area contributed by atoms with Crippen LogP contribution < -0.4 is 5.32 Å². The van der Waals surface area contributed by atoms with E-state index in [9.17, 15) is 17.6 Å². The summed E-state index contributed by atoms with van der Waals surface area (Å²) in [6, 6.07) is 17.7. The van der Waals surface area contributed by atoms with Crippen LogP contribution in [0.3, 0.4) is 0 Å². The molecule has 1 N–H and O–H groups in total. The van der Waals surface area contributed by atoms with Gasteiger partial charge in [-0.1, -0.05) is 48.0 Å². The van der Waals surface area contributed by atoms with Gasteiger partial charge in [-0.2, -0.15) is 0 Å². The molecule has 0 atom stereocenters. The van der Waals surface area contributed by atoms with Gasteiger partial charge in [-0.05, 0) is 48.4 Å². The molecular formula is C24H20ClFN2O3S. The molecule has 3 aromatic carbocycles. The minimum absolute atomic E-state index is 0.0814. The third-order valence-electron chi connectivity index (χ3n) is 5.19. The van der Waals surface area contributed by atoms with E-state index in [1.807, 2.05) is 0 Å². The molecule has 0 unspecified atom stereocenters. The summed E-state index contributed by atoms with van der Waals surface area (Å²) in [7, 11) is -3.78. The Morgan fingerprint density at radius 3 is 2.59 bits per heavy atom. The van der Waals surface area contributed by atoms with Crippen molar-refractivity contribution in [2.75, 3.05) is 5.32 Å². The fourth-order valence-corrected chi connectivity index (χ4v) is 5.35. The van der Waals surface area contributed by atoms with Crippen molar-refractivity contribution in [3.8, 4) is 0 Å². The van der Waals surface area contributed by atoms with Crippen molar-refractivity contribution in [2.24, 2.45) is 0 Å². The number of carbonyl (C=O) groups is 1. The van der Waals surface area contributed by atoms with Gasteiger partial charge < -0.3 is 9.88 Å². The van der Waals surface area contributed by atoms with Crippen LogP contribution in [0.1, 0.15) is 11.1 Å². The molecule has 4 rings (SSSR count). The van der Waals surface area contributed by atoms with E-state index in [-0.39, 0.29) is 23.1 Å². The summed E-state index contributed by atoms with van der Waals surface area (Å²) in [6.07, 6.45) is 1.46. The Bertz CT molecular complexity index is 1430. The highest BCUT2D eigenvalue weighted by Gasteiger charge is 2.22. The smallest absolute Gasteiger partial charge is 0.244 e. The van der Waals surface area contributed by atoms with E-state index in [4.69, 9.17) is 11.6 Å². The second kappa shape index (κ2) is 8.76. The van der Waals surface area contributed by atoms with Gasteiger partial charge in [0.1, 0.15) is 12.4 Å². The topological polar surface area (TPSA) is 68.2 Å². The van der Waals surface area contributed by atoms with E-state index >= 15 is 0 Å². The predicted octanol–water partition coefficient (Wildman–Crippen LogP) is 5.35. The zero-order valence-corrected chi connectivity index (χ0v) is 18.8. The first-order chi connectivity index (χ1) is 15.2. The van der Waals surface area contributed by atoms with Gasteiger partial charge >= 0.3 is 0 Å². The highest BCUT2D eigenvalue weighted by Crippen LogP contribution is 2.29. The first kappa shape index (κ1) is 22.0. The van der Waals surface area contributed by atoms with Gasteiger partial charge in [0.25, 0.3) is 0 Å². The Balaban J connectivity index is 1.65. The number of hydrogen-bond acceptors (Lipinski definition) is 3. The van der Waals surface area contributed by atoms with Crippen molar-refractivity contribution in [3.05, 3.63) is 94.9 Å². The maximum atomic E-state index is 13.5. The fraction of sp³-hybridized carbons (Fsp3) is 0.125. The van der Waals surface area contributed by atoms with Crippen LogP contribution in [0.5, 0.6) is 0 Å². The molecule has 0 bridgehead atoms. The van der Waals surface area contributed by atoms with E-state index in [1.165, 1.54) is 24.4 Å². The van der Waals surface area contributed by atoms with Gasteiger partial charge in [0.15, 0.2) is 9.84 Å². The SMILES string of the molecule is Cc1c(Cl)cccc1NC(=O)Cn1cc(S(=O)(=O)Cc2cccc(F)c2)c2ccccc21. The van der Waals surface area contributed by atoms with Crippen LogP contribution in [0.25, 0.3) is 10.9 Å². The first-order valence-corrected chi connectivity index (χ1v) is 11.9. The van der Waals surface area contributed by atoms with Crippen molar-refractivity contribution in [1.29, 1.82) is 0 Å². The van der Waals surface area contributed by atoms with Crippen LogP contribution in [-0.2, 0) is 26.9 Å². The molecule has 32 heavy (non-hydrogen) atoms. The molecule has 4 aromatic rings. The van der Waals surface area contributed by atoms with E-state index in [0.29, 0.717) is 27.2 Å². The van der Waals surface area contributed by atoms with E-state index in [1.54, 1.807) is 60.0 Å². The number of carbonyl (C=O) groups excluding carboxylic acids is 1. The van der Waals surface area contributed by atoms with Gasteiger partial charge in [-0.25, -0.2) is 12.8 Å². The van der Waals surface area contributed by atoms with E-state index < -0.39 is 15.7 Å². The zero-order valence-electron chi connectivity index (χ0n) is 17.2. The molecule has 1 amide bonds. The maximum Gasteiger partial charge on any atom is 0.244 e. The second-order valence-corrected chi connectivity index (χ2v) is 9.85. The summed E-state index contributed by atoms with van der Waals surface area (Å²) in [5.41, 5.74) is 2.32. The van der Waals surface area contributed by atoms with Crippen molar-refractivity contribution in [3.63, 3.8) is 0 Å². The van der Waals surface area contributed by atoms with Gasteiger partial charge in [0.05, 0.1) is 10.6 Å². The number of rotatable bonds is 6. The molecule has 1 heterocycles. The van der Waals surface area contributed by atoms with Crippen molar-refractivity contribution in [2.45, 2.75) is 24.1 Å². The third-order valence-corrected chi connectivity index (χ3v) is 7.31. The molecule has 0 spiro atoms. The number of benzene rings is 3. The molecule has 0 aliphatic heterocycles. The molecule has 1 aromatic heterocycles. The van der Waals surface area contributed by atoms with Crippen LogP contribution >= 0.6 is 11.6 Å². The molecular weight excluding hydrogens is 451 g/mol. The Hall–Kier alpha value is -3.16. The number of hydrogen-bond donors (Lipinski definition) is 1. The minimum atomic E-state index is -3.78. The summed E-state index contributed by atoms with van der Waals surface area (Å²) >= 11 is 6.12. The van der Waals surface area contributed by atoms with Crippen molar-refractivity contribution in [1.82, 2.24) is 4.57 Å². The van der Waals surface area contributed by atoms with E-state index in [2.05, 4.69) is 5.32 Å². The highest BCUT2D eigenvalue weighted by molar-refractivity contribution is 7.90. The molecule has 0 aliphatic rings. The molecule has 0 fully saturated rings. The van der Waals surface area contributed by atoms with Gasteiger partial charge in [0.2, 0.25) is 5.91 Å². The normalized spacial score (nSPS) is 11.6. The van der Waals surface area contributed by atoms with Crippen LogP contribution in [0, 0.1) is 12.7 Å². The number of amides is 1. The Morgan fingerprint density at radius 1 is 1.06 bits per heavy atom. The zero-order chi connectivity index (χ0) is 22.9. The monoisotopic (exact) mass is 470 g/mol. The lowest BCUT2D eigenvalue weighted by Crippen LogP contribution is -2.19. The number of halogens is 2. The fourth-order valence-electron chi connectivity index (χ4n) is 3.60. The van der Waals surface area contributed by atoms with Gasteiger partial charge in [-0.15, -0.1) is 0 Å². The lowest BCUT2D eigenvalue weighted by Gasteiger charge is -2.10. The third kappa shape index (κ3) is 4.54. The maximum absolute atomic E-state index is 13.5. The van der Waals surface area contributed by atoms with Crippen LogP contribution in [0.2, 0.25) is 5.02 Å². The average molecular weight is 471 g/mol. The quantitative estimate of drug-likeness (QED) is 0.412. The molecule has 0 saturated carbocycles. The van der Waals surface area contributed by atoms with Crippen molar-refractivity contribution < 1.29 is 17.6 Å². The number of anilines is 1. The molecule has 0 radical (unpaired) electrons. The number of para-hydroxylation sites is 1. The summed E-state index contributed by atoms with van der Waals surface area (Å²) in [5.74, 6) is -1.15. The van der Waals surface area contributed by atoms with Gasteiger partial charge in [0, 0.05) is 27.8 Å². The minimum Gasteiger partial charge on any atom is -0.337 e. The van der Waals surface area contributed by atoms with Crippen LogP contribution in [0.4, 0.5) is 10.1 Å². The lowest BCUT2D eigenvalue weighted by atomic mass is 10.2. The van der Waals surface area contributed by atoms with Crippen LogP contribution in [-0.4, -0.2) is 18.9 Å². The number of sulfone groups is 1. The average Bonchev–Trinajstić information content (AvgIpc) is 3.11. The Morgan fingerprint density at radius 2 is 1.81 bits per heavy atom. The summed E-state index contributed by atoms with van der Waals surface area (Å²) in [6.45, 7) is 1.72. The predicted molar refractivity (Wildman–Crippen MR) is 124 cm³/mol. The second-order valence-electron chi connectivity index (χ2n) is 7.49. The molecule has 5 nitrogen and oxygen atoms in total. The molecule has 0 saturated heterocycles. The summed E-state index contributed by atoms with van der Waals surface area (Å²) in [4.78, 5) is 12.8. The lowest BCUT2D eigenvalue weighted by molar-refractivity contribution is -0.116. The Kier molecular flexibility index (Phi) is 6.04. The summed E-state index contributed by atoms with van der Waals surface area (Å²) in [5, 5.41) is 3.87. The number of fused-ring (bicyclic) bond motifs is 1. The largest absolute Gasteiger partial charge is 0.337 e. The number of aromatic nitrogens is 1. The highest BCUT2D eigenvalue weighted by atomic mass is 35.5. The number of nitrogens with one attached hydrogen (secondary N) is 1. The Labute approximate surface area is 190 Å². The van der Waals surface area contributed by atoms with Gasteiger partial charge in [-0.3, -0.25) is 4.79 Å². The standard InChI is InChI=1S/C24H20ClFN2O3S/c1-16-20(25)9-5-10-21(16)27-24(29)14-28-13-23(19-8-2-3-11-22(19)28)32(30,31)15-17-6-4-7-18(26)12-17/h2-13H,14-15H2,1H3,(H,27,29). The molecule has 8 heteroatoms. The number of nitrogens with zero attached hydrogens (tertiary/aromatic N) is 1. The first-order valence-electron chi connectivity index (χ1n) is 9.84. The molecule has 0 aliphatic carbocycles. The molecule has 164 valence electrons. The van der Waals surface area contributed by atoms with Crippen molar-refractivity contribution >= 4 is 43.9 Å².